The van der Waals surface area contributed by atoms with Crippen LogP contribution in [0.2, 0.25) is 5.15 Å². The van der Waals surface area contributed by atoms with E-state index in [-0.39, 0.29) is 22.8 Å². The molecule has 0 aliphatic carbocycles. The van der Waals surface area contributed by atoms with Crippen LogP contribution in [0.3, 0.4) is 0 Å². The van der Waals surface area contributed by atoms with Gasteiger partial charge in [0, 0.05) is 29.8 Å². The topological polar surface area (TPSA) is 94.2 Å². The lowest BCUT2D eigenvalue weighted by Gasteiger charge is -2.34. The van der Waals surface area contributed by atoms with Crippen molar-refractivity contribution in [3.8, 4) is 5.75 Å². The Morgan fingerprint density at radius 1 is 1.34 bits per heavy atom. The average molecular weight is 418 g/mol. The van der Waals surface area contributed by atoms with Crippen molar-refractivity contribution in [2.45, 2.75) is 47.1 Å². The van der Waals surface area contributed by atoms with Crippen LogP contribution in [0.4, 0.5) is 11.8 Å². The lowest BCUT2D eigenvalue weighted by atomic mass is 9.88. The van der Waals surface area contributed by atoms with Crippen molar-refractivity contribution in [2.24, 2.45) is 11.8 Å². The highest BCUT2D eigenvalue weighted by molar-refractivity contribution is 6.34. The van der Waals surface area contributed by atoms with Gasteiger partial charge in [0.1, 0.15) is 16.7 Å². The van der Waals surface area contributed by atoms with E-state index >= 15 is 0 Å². The lowest BCUT2D eigenvalue weighted by Crippen LogP contribution is -2.40. The van der Waals surface area contributed by atoms with Crippen LogP contribution in [0, 0.1) is 25.7 Å². The summed E-state index contributed by atoms with van der Waals surface area (Å²) in [5, 5.41) is 0.114. The number of nitrogens with zero attached hydrogens (tertiary/aromatic N) is 4. The molecule has 29 heavy (non-hydrogen) atoms. The zero-order valence-electron chi connectivity index (χ0n) is 17.6. The van der Waals surface area contributed by atoms with Gasteiger partial charge >= 0.3 is 0 Å². The number of hydrogen-bond acceptors (Lipinski definition) is 7. The fraction of sp³-hybridized carbons (Fsp3) is 0.524. The van der Waals surface area contributed by atoms with Crippen LogP contribution in [0.1, 0.15) is 53.9 Å². The molecule has 0 spiro atoms. The molecule has 1 unspecified atom stereocenters. The Kier molecular flexibility index (Phi) is 6.27. The molecule has 0 saturated heterocycles. The van der Waals surface area contributed by atoms with Crippen LogP contribution in [0.5, 0.6) is 5.75 Å². The third-order valence-corrected chi connectivity index (χ3v) is 5.68. The Hall–Kier alpha value is -2.41. The van der Waals surface area contributed by atoms with E-state index in [4.69, 9.17) is 22.1 Å². The number of ether oxygens (including phenoxy) is 1. The number of hydrogen-bond donors (Lipinski definition) is 1. The van der Waals surface area contributed by atoms with E-state index in [1.54, 1.807) is 13.3 Å². The van der Waals surface area contributed by atoms with Gasteiger partial charge < -0.3 is 15.4 Å². The standard InChI is InChI=1S/C21H28ClN5O2/c1-11(2)6-7-14-9-27(10-15-13(4)18(29-5)12(3)8-24-15)20-16(17(14)28)19(22)25-21(23)26-20/h8,11,14H,6-7,9-10H2,1-5H3,(H2,23,25,26). The van der Waals surface area contributed by atoms with E-state index in [1.165, 1.54) is 0 Å². The number of nitrogens with two attached hydrogens (primary N) is 1. The van der Waals surface area contributed by atoms with Gasteiger partial charge in [0.2, 0.25) is 5.95 Å². The molecule has 7 nitrogen and oxygen atoms in total. The van der Waals surface area contributed by atoms with Crippen LogP contribution in [0.25, 0.3) is 0 Å². The Morgan fingerprint density at radius 2 is 2.07 bits per heavy atom. The highest BCUT2D eigenvalue weighted by Gasteiger charge is 2.36. The molecule has 3 rings (SSSR count). The fourth-order valence-corrected chi connectivity index (χ4v) is 4.09. The molecule has 0 amide bonds. The summed E-state index contributed by atoms with van der Waals surface area (Å²) in [7, 11) is 1.66. The van der Waals surface area contributed by atoms with E-state index in [0.29, 0.717) is 30.4 Å². The number of anilines is 2. The number of ketones is 1. The van der Waals surface area contributed by atoms with Crippen molar-refractivity contribution in [1.82, 2.24) is 15.0 Å². The third-order valence-electron chi connectivity index (χ3n) is 5.40. The van der Waals surface area contributed by atoms with E-state index in [0.717, 1.165) is 35.4 Å². The number of halogens is 1. The van der Waals surface area contributed by atoms with Gasteiger partial charge in [-0.3, -0.25) is 9.78 Å². The second-order valence-electron chi connectivity index (χ2n) is 8.03. The van der Waals surface area contributed by atoms with Gasteiger partial charge in [-0.15, -0.1) is 0 Å². The molecule has 1 aliphatic rings. The number of carbonyl (C=O) groups is 1. The molecule has 0 saturated carbocycles. The Bertz CT molecular complexity index is 932. The predicted octanol–water partition coefficient (Wildman–Crippen LogP) is 3.99. The van der Waals surface area contributed by atoms with Crippen molar-refractivity contribution in [1.29, 1.82) is 0 Å². The SMILES string of the molecule is COc1c(C)cnc(CN2CC(CCC(C)C)C(=O)c3c(Cl)nc(N)nc32)c1C. The molecule has 0 aromatic carbocycles. The summed E-state index contributed by atoms with van der Waals surface area (Å²) in [5.74, 6) is 1.70. The highest BCUT2D eigenvalue weighted by Crippen LogP contribution is 2.36. The number of Topliss-reactive ketones (excluding diaryl/α,β-unsaturated/α-hetero) is 1. The smallest absolute Gasteiger partial charge is 0.223 e. The summed E-state index contributed by atoms with van der Waals surface area (Å²) >= 11 is 6.32. The van der Waals surface area contributed by atoms with Gasteiger partial charge in [0.05, 0.1) is 24.9 Å². The maximum Gasteiger partial charge on any atom is 0.223 e. The van der Waals surface area contributed by atoms with Gasteiger partial charge in [0.15, 0.2) is 5.78 Å². The summed E-state index contributed by atoms with van der Waals surface area (Å²) in [5.41, 5.74) is 9.00. The van der Waals surface area contributed by atoms with Crippen molar-refractivity contribution in [2.75, 3.05) is 24.3 Å². The second-order valence-corrected chi connectivity index (χ2v) is 8.39. The number of methoxy groups -OCH3 is 1. The maximum atomic E-state index is 13.1. The summed E-state index contributed by atoms with van der Waals surface area (Å²) in [4.78, 5) is 28.1. The normalized spacial score (nSPS) is 16.3. The van der Waals surface area contributed by atoms with E-state index in [9.17, 15) is 4.79 Å². The summed E-state index contributed by atoms with van der Waals surface area (Å²) in [6, 6.07) is 0. The molecular formula is C21H28ClN5O2. The number of aryl methyl sites for hydroxylation is 1. The second kappa shape index (κ2) is 8.53. The molecule has 156 valence electrons. The summed E-state index contributed by atoms with van der Waals surface area (Å²) in [6.45, 7) is 9.29. The molecular weight excluding hydrogens is 390 g/mol. The highest BCUT2D eigenvalue weighted by atomic mass is 35.5. The molecule has 0 radical (unpaired) electrons. The third kappa shape index (κ3) is 4.29. The maximum absolute atomic E-state index is 13.1. The largest absolute Gasteiger partial charge is 0.496 e. The molecule has 0 bridgehead atoms. The Labute approximate surface area is 176 Å². The van der Waals surface area contributed by atoms with Crippen LogP contribution < -0.4 is 15.4 Å². The first-order valence-electron chi connectivity index (χ1n) is 9.84. The number of rotatable bonds is 6. The zero-order valence-corrected chi connectivity index (χ0v) is 18.4. The van der Waals surface area contributed by atoms with Crippen molar-refractivity contribution < 1.29 is 9.53 Å². The van der Waals surface area contributed by atoms with Crippen molar-refractivity contribution in [3.63, 3.8) is 0 Å². The molecule has 2 N–H and O–H groups in total. The Morgan fingerprint density at radius 3 is 2.72 bits per heavy atom. The van der Waals surface area contributed by atoms with Gasteiger partial charge in [-0.1, -0.05) is 31.9 Å². The van der Waals surface area contributed by atoms with Gasteiger partial charge in [-0.25, -0.2) is 4.98 Å². The lowest BCUT2D eigenvalue weighted by molar-refractivity contribution is 0.0903. The average Bonchev–Trinajstić information content (AvgIpc) is 2.64. The van der Waals surface area contributed by atoms with E-state index in [1.807, 2.05) is 18.7 Å². The van der Waals surface area contributed by atoms with Crippen LogP contribution in [-0.4, -0.2) is 34.4 Å². The molecule has 1 aliphatic heterocycles. The molecule has 8 heteroatoms. The number of aromatic nitrogens is 3. The van der Waals surface area contributed by atoms with Crippen molar-refractivity contribution >= 4 is 29.2 Å². The minimum atomic E-state index is -0.165. The first-order valence-corrected chi connectivity index (χ1v) is 10.2. The van der Waals surface area contributed by atoms with E-state index < -0.39 is 0 Å². The monoisotopic (exact) mass is 417 g/mol. The molecule has 1 atom stereocenters. The fourth-order valence-electron chi connectivity index (χ4n) is 3.83. The molecule has 0 fully saturated rings. The number of pyridine rings is 1. The summed E-state index contributed by atoms with van der Waals surface area (Å²) < 4.78 is 5.54. The Balaban J connectivity index is 2.01. The van der Waals surface area contributed by atoms with Crippen molar-refractivity contribution in [3.05, 3.63) is 33.7 Å². The van der Waals surface area contributed by atoms with Crippen LogP contribution >= 0.6 is 11.6 Å². The first-order chi connectivity index (χ1) is 13.7. The van der Waals surface area contributed by atoms with E-state index in [2.05, 4.69) is 28.8 Å². The number of nitrogen functional groups attached to an aromatic ring is 1. The number of carbonyl (C=O) groups excluding carboxylic acids is 1. The summed E-state index contributed by atoms with van der Waals surface area (Å²) in [6.07, 6.45) is 3.55. The van der Waals surface area contributed by atoms with Gasteiger partial charge in [-0.05, 0) is 26.2 Å². The predicted molar refractivity (Wildman–Crippen MR) is 115 cm³/mol. The number of fused-ring (bicyclic) bond motifs is 1. The minimum Gasteiger partial charge on any atom is -0.496 e. The van der Waals surface area contributed by atoms with Gasteiger partial charge in [0.25, 0.3) is 0 Å². The van der Waals surface area contributed by atoms with Crippen LogP contribution in [0.15, 0.2) is 6.20 Å². The minimum absolute atomic E-state index is 0.00642. The molecule has 2 aromatic rings. The first kappa shape index (κ1) is 21.3. The molecule has 2 aromatic heterocycles. The van der Waals surface area contributed by atoms with Crippen LogP contribution in [-0.2, 0) is 6.54 Å². The van der Waals surface area contributed by atoms with Gasteiger partial charge in [-0.2, -0.15) is 4.98 Å². The quantitative estimate of drug-likeness (QED) is 0.710. The zero-order chi connectivity index (χ0) is 21.3. The molecule has 3 heterocycles.